The van der Waals surface area contributed by atoms with Crippen molar-refractivity contribution < 1.29 is 14.3 Å². The molecular formula is C18H14N6O3. The first-order valence-corrected chi connectivity index (χ1v) is 7.93. The molecule has 9 heteroatoms. The number of para-hydroxylation sites is 1. The molecule has 0 unspecified atom stereocenters. The molecule has 9 nitrogen and oxygen atoms in total. The third kappa shape index (κ3) is 4.13. The van der Waals surface area contributed by atoms with Crippen molar-refractivity contribution in [2.75, 3.05) is 5.32 Å². The van der Waals surface area contributed by atoms with E-state index in [-0.39, 0.29) is 5.56 Å². The SMILES string of the molecule is C[C@@H](OC(=O)c1ccc(-n2cnnn2)cc1)C(=O)Nc1ccccc1C#N. The summed E-state index contributed by atoms with van der Waals surface area (Å²) in [6.45, 7) is 1.46. The number of benzene rings is 2. The molecule has 1 amide bonds. The van der Waals surface area contributed by atoms with Crippen molar-refractivity contribution in [1.29, 1.82) is 5.26 Å². The van der Waals surface area contributed by atoms with Crippen molar-refractivity contribution in [2.45, 2.75) is 13.0 Å². The molecule has 1 N–H and O–H groups in total. The van der Waals surface area contributed by atoms with Crippen LogP contribution < -0.4 is 5.32 Å². The highest BCUT2D eigenvalue weighted by atomic mass is 16.5. The number of amides is 1. The Balaban J connectivity index is 1.63. The van der Waals surface area contributed by atoms with Gasteiger partial charge < -0.3 is 10.1 Å². The number of tetrazole rings is 1. The zero-order valence-electron chi connectivity index (χ0n) is 14.2. The number of carbonyl (C=O) groups is 2. The lowest BCUT2D eigenvalue weighted by molar-refractivity contribution is -0.123. The van der Waals surface area contributed by atoms with Gasteiger partial charge in [-0.3, -0.25) is 4.79 Å². The van der Waals surface area contributed by atoms with Gasteiger partial charge in [-0.25, -0.2) is 9.48 Å². The minimum Gasteiger partial charge on any atom is -0.449 e. The van der Waals surface area contributed by atoms with Crippen molar-refractivity contribution in [2.24, 2.45) is 0 Å². The Morgan fingerprint density at radius 3 is 2.59 bits per heavy atom. The fourth-order valence-corrected chi connectivity index (χ4v) is 2.24. The maximum absolute atomic E-state index is 12.2. The van der Waals surface area contributed by atoms with Crippen LogP contribution in [-0.2, 0) is 9.53 Å². The molecule has 0 radical (unpaired) electrons. The van der Waals surface area contributed by atoms with Crippen molar-refractivity contribution >= 4 is 17.6 Å². The third-order valence-electron chi connectivity index (χ3n) is 3.67. The van der Waals surface area contributed by atoms with Gasteiger partial charge in [0.2, 0.25) is 0 Å². The highest BCUT2D eigenvalue weighted by Gasteiger charge is 2.20. The van der Waals surface area contributed by atoms with Crippen LogP contribution in [0.1, 0.15) is 22.8 Å². The first-order chi connectivity index (χ1) is 13.1. The normalized spacial score (nSPS) is 11.3. The van der Waals surface area contributed by atoms with Crippen LogP contribution in [0.15, 0.2) is 54.9 Å². The van der Waals surface area contributed by atoms with Crippen LogP contribution in [-0.4, -0.2) is 38.2 Å². The number of nitriles is 1. The summed E-state index contributed by atoms with van der Waals surface area (Å²) in [5, 5.41) is 22.5. The van der Waals surface area contributed by atoms with E-state index >= 15 is 0 Å². The second-order valence-corrected chi connectivity index (χ2v) is 5.50. The number of nitrogens with zero attached hydrogens (tertiary/aromatic N) is 5. The van der Waals surface area contributed by atoms with Gasteiger partial charge in [-0.05, 0) is 53.7 Å². The Bertz CT molecular complexity index is 993. The zero-order valence-corrected chi connectivity index (χ0v) is 14.2. The predicted molar refractivity (Wildman–Crippen MR) is 93.8 cm³/mol. The number of nitrogens with one attached hydrogen (secondary N) is 1. The largest absolute Gasteiger partial charge is 0.449 e. The number of aromatic nitrogens is 4. The summed E-state index contributed by atoms with van der Waals surface area (Å²) in [6.07, 6.45) is 0.391. The third-order valence-corrected chi connectivity index (χ3v) is 3.67. The first kappa shape index (κ1) is 17.8. The van der Waals surface area contributed by atoms with E-state index in [1.807, 2.05) is 6.07 Å². The summed E-state index contributed by atoms with van der Waals surface area (Å²) >= 11 is 0. The Morgan fingerprint density at radius 1 is 1.19 bits per heavy atom. The predicted octanol–water partition coefficient (Wildman–Crippen LogP) is 1.72. The van der Waals surface area contributed by atoms with Crippen molar-refractivity contribution in [3.05, 3.63) is 66.0 Å². The number of esters is 1. The van der Waals surface area contributed by atoms with Crippen molar-refractivity contribution in [3.63, 3.8) is 0 Å². The molecule has 0 saturated heterocycles. The molecule has 134 valence electrons. The smallest absolute Gasteiger partial charge is 0.338 e. The van der Waals surface area contributed by atoms with Gasteiger partial charge in [0.05, 0.1) is 22.5 Å². The molecular weight excluding hydrogens is 348 g/mol. The Morgan fingerprint density at radius 2 is 1.93 bits per heavy atom. The molecule has 0 aliphatic heterocycles. The summed E-state index contributed by atoms with van der Waals surface area (Å²) in [6, 6.07) is 15.0. The summed E-state index contributed by atoms with van der Waals surface area (Å²) in [5.74, 6) is -1.18. The molecule has 2 aromatic carbocycles. The fraction of sp³-hybridized carbons (Fsp3) is 0.111. The molecule has 1 aromatic heterocycles. The molecule has 0 saturated carbocycles. The summed E-state index contributed by atoms with van der Waals surface area (Å²) in [7, 11) is 0. The number of rotatable bonds is 5. The Kier molecular flexibility index (Phi) is 5.18. The lowest BCUT2D eigenvalue weighted by Crippen LogP contribution is -2.30. The minimum atomic E-state index is -1.04. The van der Waals surface area contributed by atoms with E-state index < -0.39 is 18.0 Å². The Hall–Kier alpha value is -4.06. The monoisotopic (exact) mass is 362 g/mol. The molecule has 3 aromatic rings. The average Bonchev–Trinajstić information content (AvgIpc) is 3.23. The summed E-state index contributed by atoms with van der Waals surface area (Å²) in [4.78, 5) is 24.5. The van der Waals surface area contributed by atoms with Crippen LogP contribution in [0.4, 0.5) is 5.69 Å². The number of anilines is 1. The van der Waals surface area contributed by atoms with E-state index in [1.54, 1.807) is 48.5 Å². The van der Waals surface area contributed by atoms with Gasteiger partial charge in [-0.15, -0.1) is 5.10 Å². The summed E-state index contributed by atoms with van der Waals surface area (Å²) in [5.41, 5.74) is 1.64. The fourth-order valence-electron chi connectivity index (χ4n) is 2.24. The Labute approximate surface area is 154 Å². The minimum absolute atomic E-state index is 0.281. The van der Waals surface area contributed by atoms with E-state index in [4.69, 9.17) is 10.00 Å². The molecule has 0 aliphatic rings. The van der Waals surface area contributed by atoms with E-state index in [9.17, 15) is 9.59 Å². The van der Waals surface area contributed by atoms with Crippen LogP contribution in [0.3, 0.4) is 0 Å². The van der Waals surface area contributed by atoms with Crippen LogP contribution in [0, 0.1) is 11.3 Å². The first-order valence-electron chi connectivity index (χ1n) is 7.93. The molecule has 3 rings (SSSR count). The van der Waals surface area contributed by atoms with Crippen LogP contribution in [0.2, 0.25) is 0 Å². The van der Waals surface area contributed by atoms with Gasteiger partial charge in [-0.1, -0.05) is 12.1 Å². The average molecular weight is 362 g/mol. The van der Waals surface area contributed by atoms with Gasteiger partial charge >= 0.3 is 5.97 Å². The molecule has 0 bridgehead atoms. The highest BCUT2D eigenvalue weighted by molar-refractivity contribution is 5.98. The second kappa shape index (κ2) is 7.88. The molecule has 0 aliphatic carbocycles. The number of carbonyl (C=O) groups excluding carboxylic acids is 2. The zero-order chi connectivity index (χ0) is 19.2. The lowest BCUT2D eigenvalue weighted by Gasteiger charge is -2.14. The quantitative estimate of drug-likeness (QED) is 0.685. The van der Waals surface area contributed by atoms with Gasteiger partial charge in [0.25, 0.3) is 5.91 Å². The molecule has 27 heavy (non-hydrogen) atoms. The van der Waals surface area contributed by atoms with Gasteiger partial charge in [0.15, 0.2) is 6.10 Å². The number of ether oxygens (including phenoxy) is 1. The second-order valence-electron chi connectivity index (χ2n) is 5.50. The van der Waals surface area contributed by atoms with Gasteiger partial charge in [0.1, 0.15) is 12.4 Å². The summed E-state index contributed by atoms with van der Waals surface area (Å²) < 4.78 is 6.64. The number of hydrogen-bond acceptors (Lipinski definition) is 7. The van der Waals surface area contributed by atoms with Crippen molar-refractivity contribution in [3.8, 4) is 11.8 Å². The van der Waals surface area contributed by atoms with E-state index in [1.165, 1.54) is 17.9 Å². The highest BCUT2D eigenvalue weighted by Crippen LogP contribution is 2.15. The van der Waals surface area contributed by atoms with E-state index in [0.717, 1.165) is 0 Å². The molecule has 0 fully saturated rings. The van der Waals surface area contributed by atoms with Gasteiger partial charge in [-0.2, -0.15) is 5.26 Å². The molecule has 1 heterocycles. The molecule has 0 spiro atoms. The maximum Gasteiger partial charge on any atom is 0.338 e. The van der Waals surface area contributed by atoms with Crippen LogP contribution >= 0.6 is 0 Å². The van der Waals surface area contributed by atoms with Crippen LogP contribution in [0.25, 0.3) is 5.69 Å². The van der Waals surface area contributed by atoms with Gasteiger partial charge in [0, 0.05) is 0 Å². The van der Waals surface area contributed by atoms with E-state index in [2.05, 4.69) is 20.8 Å². The lowest BCUT2D eigenvalue weighted by atomic mass is 10.2. The van der Waals surface area contributed by atoms with Crippen LogP contribution in [0.5, 0.6) is 0 Å². The van der Waals surface area contributed by atoms with E-state index in [0.29, 0.717) is 16.9 Å². The van der Waals surface area contributed by atoms with Crippen molar-refractivity contribution in [1.82, 2.24) is 20.2 Å². The number of hydrogen-bond donors (Lipinski definition) is 1. The maximum atomic E-state index is 12.2. The molecule has 1 atom stereocenters. The standard InChI is InChI=1S/C18H14N6O3/c1-12(17(25)21-16-5-3-2-4-14(16)10-19)27-18(26)13-6-8-15(9-7-13)24-11-20-22-23-24/h2-9,11-12H,1H3,(H,21,25)/t12-/m1/s1. The topological polar surface area (TPSA) is 123 Å².